The molecule has 1 N–H and O–H groups in total. The number of pyridine rings is 1. The topological polar surface area (TPSA) is 92.6 Å². The maximum Gasteiger partial charge on any atom is 0.228 e. The van der Waals surface area contributed by atoms with E-state index in [4.69, 9.17) is 14.7 Å². The number of ether oxygens (including phenoxy) is 1. The zero-order valence-electron chi connectivity index (χ0n) is 17.9. The van der Waals surface area contributed by atoms with Crippen LogP contribution in [-0.2, 0) is 11.3 Å². The molecule has 2 aromatic heterocycles. The first-order valence-electron chi connectivity index (χ1n) is 10.8. The summed E-state index contributed by atoms with van der Waals surface area (Å²) in [5, 5.41) is 3.32. The third kappa shape index (κ3) is 4.22. The molecule has 2 aliphatic heterocycles. The number of benzene rings is 1. The number of hydrogen-bond donors (Lipinski definition) is 1. The molecule has 8 heteroatoms. The minimum atomic E-state index is 0.0237. The standard InChI is InChI=1S/C24H24N6O2/c1-2-22(31)20-6-5-19(15-26-20)27-23-12-21(16-3-4-17-13-25-14-18(17)11-16)28-24(29-23)30-7-9-32-10-8-30/h3-6,11-12,14-15H,2,7-10,13H2,1H3,(H,27,28,29). The van der Waals surface area contributed by atoms with Gasteiger partial charge in [-0.1, -0.05) is 19.1 Å². The molecule has 0 saturated carbocycles. The quantitative estimate of drug-likeness (QED) is 0.599. The molecule has 0 amide bonds. The Balaban J connectivity index is 1.49. The number of aromatic nitrogens is 3. The minimum Gasteiger partial charge on any atom is -0.378 e. The molecular weight excluding hydrogens is 404 g/mol. The van der Waals surface area contributed by atoms with Gasteiger partial charge in [0.2, 0.25) is 5.95 Å². The van der Waals surface area contributed by atoms with Crippen LogP contribution in [0.3, 0.4) is 0 Å². The van der Waals surface area contributed by atoms with E-state index < -0.39 is 0 Å². The maximum absolute atomic E-state index is 11.9. The number of carbonyl (C=O) groups is 1. The van der Waals surface area contributed by atoms with Crippen LogP contribution in [0.1, 0.15) is 35.0 Å². The summed E-state index contributed by atoms with van der Waals surface area (Å²) in [5.74, 6) is 1.35. The molecule has 3 aromatic rings. The Labute approximate surface area is 186 Å². The largest absolute Gasteiger partial charge is 0.378 e. The first-order chi connectivity index (χ1) is 15.7. The second-order valence-corrected chi connectivity index (χ2v) is 7.76. The Morgan fingerprint density at radius 3 is 2.78 bits per heavy atom. The number of rotatable bonds is 6. The van der Waals surface area contributed by atoms with Crippen LogP contribution in [0.2, 0.25) is 0 Å². The number of hydrogen-bond acceptors (Lipinski definition) is 8. The van der Waals surface area contributed by atoms with E-state index in [1.165, 1.54) is 5.56 Å². The van der Waals surface area contributed by atoms with E-state index in [0.717, 1.165) is 42.1 Å². The van der Waals surface area contributed by atoms with E-state index in [1.807, 2.05) is 25.3 Å². The van der Waals surface area contributed by atoms with E-state index in [0.29, 0.717) is 37.1 Å². The molecule has 1 aromatic carbocycles. The number of ketones is 1. The Hall–Kier alpha value is -3.65. The molecule has 0 bridgehead atoms. The van der Waals surface area contributed by atoms with E-state index in [2.05, 4.69) is 38.4 Å². The smallest absolute Gasteiger partial charge is 0.228 e. The number of carbonyl (C=O) groups excluding carboxylic acids is 1. The number of nitrogens with zero attached hydrogens (tertiary/aromatic N) is 5. The Bertz CT molecular complexity index is 1170. The lowest BCUT2D eigenvalue weighted by atomic mass is 10.0. The average molecular weight is 428 g/mol. The van der Waals surface area contributed by atoms with Gasteiger partial charge in [-0.25, -0.2) is 4.98 Å². The van der Waals surface area contributed by atoms with Gasteiger partial charge in [0.15, 0.2) is 5.78 Å². The molecular formula is C24H24N6O2. The van der Waals surface area contributed by atoms with Gasteiger partial charge in [0.05, 0.1) is 37.3 Å². The van der Waals surface area contributed by atoms with Crippen molar-refractivity contribution in [1.29, 1.82) is 0 Å². The highest BCUT2D eigenvalue weighted by Crippen LogP contribution is 2.28. The summed E-state index contributed by atoms with van der Waals surface area (Å²) in [6, 6.07) is 11.8. The van der Waals surface area contributed by atoms with Gasteiger partial charge in [0, 0.05) is 37.4 Å². The molecule has 32 heavy (non-hydrogen) atoms. The fourth-order valence-electron chi connectivity index (χ4n) is 3.77. The summed E-state index contributed by atoms with van der Waals surface area (Å²) in [6.07, 6.45) is 4.00. The van der Waals surface area contributed by atoms with Crippen LogP contribution in [0.5, 0.6) is 0 Å². The summed E-state index contributed by atoms with van der Waals surface area (Å²) in [4.78, 5) is 32.2. The van der Waals surface area contributed by atoms with E-state index >= 15 is 0 Å². The molecule has 5 rings (SSSR count). The van der Waals surface area contributed by atoms with Crippen LogP contribution < -0.4 is 10.2 Å². The van der Waals surface area contributed by atoms with Crippen LogP contribution >= 0.6 is 0 Å². The van der Waals surface area contributed by atoms with Crippen LogP contribution in [0.25, 0.3) is 11.3 Å². The fourth-order valence-corrected chi connectivity index (χ4v) is 3.77. The summed E-state index contributed by atoms with van der Waals surface area (Å²) >= 11 is 0. The van der Waals surface area contributed by atoms with Crippen LogP contribution in [0.4, 0.5) is 17.5 Å². The molecule has 2 aliphatic rings. The van der Waals surface area contributed by atoms with Crippen molar-refractivity contribution in [3.05, 3.63) is 59.4 Å². The summed E-state index contributed by atoms with van der Waals surface area (Å²) in [7, 11) is 0. The predicted octanol–water partition coefficient (Wildman–Crippen LogP) is 3.64. The Morgan fingerprint density at radius 2 is 2.00 bits per heavy atom. The van der Waals surface area contributed by atoms with Crippen LogP contribution in [-0.4, -0.2) is 53.3 Å². The molecule has 0 aliphatic carbocycles. The molecule has 0 atom stereocenters. The Morgan fingerprint density at radius 1 is 1.12 bits per heavy atom. The molecule has 0 spiro atoms. The SMILES string of the molecule is CCC(=O)c1ccc(Nc2cc(-c3ccc4c(c3)C=NC4)nc(N3CCOCC3)n2)cn1. The molecule has 162 valence electrons. The summed E-state index contributed by atoms with van der Waals surface area (Å²) in [5.41, 5.74) is 5.43. The van der Waals surface area contributed by atoms with Gasteiger partial charge in [0.25, 0.3) is 0 Å². The van der Waals surface area contributed by atoms with Crippen molar-refractivity contribution < 1.29 is 9.53 Å². The van der Waals surface area contributed by atoms with Crippen molar-refractivity contribution in [3.63, 3.8) is 0 Å². The van der Waals surface area contributed by atoms with Crippen molar-refractivity contribution in [2.45, 2.75) is 19.9 Å². The number of morpholine rings is 1. The van der Waals surface area contributed by atoms with Crippen molar-refractivity contribution in [2.24, 2.45) is 4.99 Å². The number of aliphatic imine (C=N–C) groups is 1. The lowest BCUT2D eigenvalue weighted by Gasteiger charge is -2.27. The second kappa shape index (κ2) is 8.84. The number of Topliss-reactive ketones (excluding diaryl/α,β-unsaturated/α-hetero) is 1. The fraction of sp³-hybridized carbons (Fsp3) is 0.292. The van der Waals surface area contributed by atoms with Crippen molar-refractivity contribution >= 4 is 29.5 Å². The average Bonchev–Trinajstić information content (AvgIpc) is 3.32. The first kappa shape index (κ1) is 20.3. The van der Waals surface area contributed by atoms with Gasteiger partial charge in [-0.05, 0) is 29.3 Å². The van der Waals surface area contributed by atoms with E-state index in [1.54, 1.807) is 12.3 Å². The van der Waals surface area contributed by atoms with Crippen LogP contribution in [0.15, 0.2) is 47.6 Å². The van der Waals surface area contributed by atoms with Crippen molar-refractivity contribution in [1.82, 2.24) is 15.0 Å². The summed E-state index contributed by atoms with van der Waals surface area (Å²) < 4.78 is 5.49. The Kier molecular flexibility index (Phi) is 5.60. The third-order valence-electron chi connectivity index (χ3n) is 5.58. The molecule has 4 heterocycles. The van der Waals surface area contributed by atoms with Gasteiger partial charge in [-0.2, -0.15) is 4.98 Å². The second-order valence-electron chi connectivity index (χ2n) is 7.76. The lowest BCUT2D eigenvalue weighted by molar-refractivity contribution is 0.0983. The van der Waals surface area contributed by atoms with Gasteiger partial charge in [0.1, 0.15) is 11.5 Å². The number of anilines is 3. The highest BCUT2D eigenvalue weighted by Gasteiger charge is 2.17. The molecule has 0 radical (unpaired) electrons. The van der Waals surface area contributed by atoms with Crippen LogP contribution in [0, 0.1) is 0 Å². The summed E-state index contributed by atoms with van der Waals surface area (Å²) in [6.45, 7) is 5.36. The maximum atomic E-state index is 11.9. The molecule has 0 unspecified atom stereocenters. The first-order valence-corrected chi connectivity index (χ1v) is 10.8. The highest BCUT2D eigenvalue weighted by molar-refractivity contribution is 5.94. The molecule has 1 saturated heterocycles. The highest BCUT2D eigenvalue weighted by atomic mass is 16.5. The normalized spacial score (nSPS) is 15.0. The van der Waals surface area contributed by atoms with E-state index in [-0.39, 0.29) is 5.78 Å². The predicted molar refractivity (Wildman–Crippen MR) is 124 cm³/mol. The molecule has 8 nitrogen and oxygen atoms in total. The van der Waals surface area contributed by atoms with Gasteiger partial charge in [-0.15, -0.1) is 0 Å². The molecule has 1 fully saturated rings. The zero-order chi connectivity index (χ0) is 21.9. The number of fused-ring (bicyclic) bond motifs is 1. The van der Waals surface area contributed by atoms with Crippen molar-refractivity contribution in [3.8, 4) is 11.3 Å². The zero-order valence-corrected chi connectivity index (χ0v) is 17.9. The van der Waals surface area contributed by atoms with E-state index in [9.17, 15) is 4.79 Å². The van der Waals surface area contributed by atoms with Crippen molar-refractivity contribution in [2.75, 3.05) is 36.5 Å². The monoisotopic (exact) mass is 428 g/mol. The lowest BCUT2D eigenvalue weighted by Crippen LogP contribution is -2.37. The van der Waals surface area contributed by atoms with Gasteiger partial charge in [-0.3, -0.25) is 14.8 Å². The number of nitrogens with one attached hydrogen (secondary N) is 1. The van der Waals surface area contributed by atoms with Gasteiger partial charge < -0.3 is 15.0 Å². The third-order valence-corrected chi connectivity index (χ3v) is 5.58. The van der Waals surface area contributed by atoms with Gasteiger partial charge >= 0.3 is 0 Å². The minimum absolute atomic E-state index is 0.0237.